The minimum atomic E-state index is -0.892. The van der Waals surface area contributed by atoms with Crippen molar-refractivity contribution in [3.63, 3.8) is 0 Å². The number of methoxy groups -OCH3 is 1. The summed E-state index contributed by atoms with van der Waals surface area (Å²) in [5.74, 6) is -0.0656. The van der Waals surface area contributed by atoms with E-state index in [1.54, 1.807) is 19.5 Å². The number of pyridine rings is 1. The van der Waals surface area contributed by atoms with Gasteiger partial charge in [-0.25, -0.2) is 9.78 Å². The Kier molecular flexibility index (Phi) is 6.41. The maximum absolute atomic E-state index is 12.6. The molecule has 1 aromatic carbocycles. The second-order valence-corrected chi connectivity index (χ2v) is 7.98. The van der Waals surface area contributed by atoms with Crippen molar-refractivity contribution in [2.75, 3.05) is 19.0 Å². The van der Waals surface area contributed by atoms with Gasteiger partial charge in [-0.3, -0.25) is 19.5 Å². The fourth-order valence-corrected chi connectivity index (χ4v) is 4.03. The van der Waals surface area contributed by atoms with Gasteiger partial charge in [0.15, 0.2) is 5.13 Å². The van der Waals surface area contributed by atoms with Gasteiger partial charge in [0.1, 0.15) is 11.8 Å². The summed E-state index contributed by atoms with van der Waals surface area (Å²) >= 11 is 1.28. The molecule has 0 unspecified atom stereocenters. The number of nitrogens with one attached hydrogen (secondary N) is 2. The Balaban J connectivity index is 1.30. The summed E-state index contributed by atoms with van der Waals surface area (Å²) in [6, 6.07) is 9.72. The first-order chi connectivity index (χ1) is 15.5. The van der Waals surface area contributed by atoms with Crippen LogP contribution in [0.3, 0.4) is 0 Å². The Bertz CT molecular complexity index is 1120. The van der Waals surface area contributed by atoms with E-state index >= 15 is 0 Å². The molecular weight excluding hydrogens is 430 g/mol. The Morgan fingerprint density at radius 2 is 2.06 bits per heavy atom. The Morgan fingerprint density at radius 3 is 2.78 bits per heavy atom. The van der Waals surface area contributed by atoms with E-state index in [-0.39, 0.29) is 13.0 Å². The molecule has 4 amide bonds. The number of aromatic nitrogens is 2. The van der Waals surface area contributed by atoms with E-state index in [4.69, 9.17) is 4.74 Å². The molecule has 1 aliphatic heterocycles. The van der Waals surface area contributed by atoms with Crippen LogP contribution in [-0.2, 0) is 16.0 Å². The lowest BCUT2D eigenvalue weighted by atomic mass is 10.1. The number of imide groups is 1. The molecule has 3 heterocycles. The molecule has 0 spiro atoms. The van der Waals surface area contributed by atoms with Crippen molar-refractivity contribution >= 4 is 34.3 Å². The SMILES string of the molecule is COc1ccc(CCN2C(=O)N[C@@H](CC(=O)Nc3nc(-c4cccnc4)cs3)C2=O)cc1. The van der Waals surface area contributed by atoms with Crippen LogP contribution in [0.5, 0.6) is 5.75 Å². The second-order valence-electron chi connectivity index (χ2n) is 7.12. The molecule has 9 nitrogen and oxygen atoms in total. The molecule has 1 fully saturated rings. The fraction of sp³-hybridized carbons (Fsp3) is 0.227. The fourth-order valence-electron chi connectivity index (χ4n) is 3.29. The molecule has 0 saturated carbocycles. The number of urea groups is 1. The summed E-state index contributed by atoms with van der Waals surface area (Å²) in [5, 5.41) is 7.51. The van der Waals surface area contributed by atoms with Crippen molar-refractivity contribution < 1.29 is 19.1 Å². The highest BCUT2D eigenvalue weighted by atomic mass is 32.1. The highest BCUT2D eigenvalue weighted by Crippen LogP contribution is 2.24. The normalized spacial score (nSPS) is 15.5. The smallest absolute Gasteiger partial charge is 0.324 e. The number of hydrogen-bond donors (Lipinski definition) is 2. The molecule has 0 radical (unpaired) electrons. The van der Waals surface area contributed by atoms with E-state index in [1.165, 1.54) is 11.3 Å². The third kappa shape index (κ3) is 4.92. The summed E-state index contributed by atoms with van der Waals surface area (Å²) in [5.41, 5.74) is 2.52. The summed E-state index contributed by atoms with van der Waals surface area (Å²) < 4.78 is 5.13. The van der Waals surface area contributed by atoms with Gasteiger partial charge in [0.05, 0.1) is 19.2 Å². The van der Waals surface area contributed by atoms with Crippen LogP contribution in [0.4, 0.5) is 9.93 Å². The molecule has 1 atom stereocenters. The third-order valence-electron chi connectivity index (χ3n) is 4.99. The van der Waals surface area contributed by atoms with E-state index in [9.17, 15) is 14.4 Å². The van der Waals surface area contributed by atoms with Gasteiger partial charge >= 0.3 is 6.03 Å². The summed E-state index contributed by atoms with van der Waals surface area (Å²) in [4.78, 5) is 46.9. The van der Waals surface area contributed by atoms with Crippen molar-refractivity contribution in [2.45, 2.75) is 18.9 Å². The van der Waals surface area contributed by atoms with Gasteiger partial charge in [-0.2, -0.15) is 0 Å². The maximum Gasteiger partial charge on any atom is 0.324 e. The number of rotatable bonds is 8. The summed E-state index contributed by atoms with van der Waals surface area (Å²) in [6.07, 6.45) is 3.71. The van der Waals surface area contributed by atoms with Crippen molar-refractivity contribution in [1.82, 2.24) is 20.2 Å². The zero-order chi connectivity index (χ0) is 22.5. The molecule has 2 aromatic heterocycles. The quantitative estimate of drug-likeness (QED) is 0.509. The first kappa shape index (κ1) is 21.4. The zero-order valence-electron chi connectivity index (χ0n) is 17.3. The molecule has 4 rings (SSSR count). The average molecular weight is 452 g/mol. The second kappa shape index (κ2) is 9.56. The van der Waals surface area contributed by atoms with E-state index in [0.717, 1.165) is 21.8 Å². The number of benzene rings is 1. The first-order valence-electron chi connectivity index (χ1n) is 9.94. The zero-order valence-corrected chi connectivity index (χ0v) is 18.1. The number of thiazole rings is 1. The van der Waals surface area contributed by atoms with Gasteiger partial charge in [-0.15, -0.1) is 11.3 Å². The van der Waals surface area contributed by atoms with Crippen molar-refractivity contribution in [3.05, 3.63) is 59.7 Å². The van der Waals surface area contributed by atoms with Crippen LogP contribution in [0.15, 0.2) is 54.2 Å². The van der Waals surface area contributed by atoms with Crippen molar-refractivity contribution in [1.29, 1.82) is 0 Å². The summed E-state index contributed by atoms with van der Waals surface area (Å²) in [7, 11) is 1.59. The highest BCUT2D eigenvalue weighted by Gasteiger charge is 2.38. The Hall–Kier alpha value is -3.79. The van der Waals surface area contributed by atoms with Crippen LogP contribution >= 0.6 is 11.3 Å². The molecule has 0 aliphatic carbocycles. The van der Waals surface area contributed by atoms with Gasteiger partial charge in [-0.1, -0.05) is 12.1 Å². The highest BCUT2D eigenvalue weighted by molar-refractivity contribution is 7.14. The summed E-state index contributed by atoms with van der Waals surface area (Å²) in [6.45, 7) is 0.232. The molecular formula is C22H21N5O4S. The van der Waals surface area contributed by atoms with Gasteiger partial charge in [0, 0.05) is 29.9 Å². The van der Waals surface area contributed by atoms with E-state index in [0.29, 0.717) is 17.2 Å². The molecule has 32 heavy (non-hydrogen) atoms. The minimum absolute atomic E-state index is 0.161. The molecule has 1 saturated heterocycles. The average Bonchev–Trinajstić information content (AvgIpc) is 3.37. The van der Waals surface area contributed by atoms with Crippen molar-refractivity contribution in [3.8, 4) is 17.0 Å². The minimum Gasteiger partial charge on any atom is -0.497 e. The van der Waals surface area contributed by atoms with Gasteiger partial charge in [-0.05, 0) is 36.2 Å². The van der Waals surface area contributed by atoms with Crippen LogP contribution in [0.25, 0.3) is 11.3 Å². The lowest BCUT2D eigenvalue weighted by Gasteiger charge is -2.13. The van der Waals surface area contributed by atoms with Gasteiger partial charge < -0.3 is 15.4 Å². The molecule has 3 aromatic rings. The Morgan fingerprint density at radius 1 is 1.25 bits per heavy atom. The van der Waals surface area contributed by atoms with Crippen molar-refractivity contribution in [2.24, 2.45) is 0 Å². The third-order valence-corrected chi connectivity index (χ3v) is 5.75. The van der Waals surface area contributed by atoms with Crippen LogP contribution in [0.2, 0.25) is 0 Å². The predicted molar refractivity (Wildman–Crippen MR) is 119 cm³/mol. The van der Waals surface area contributed by atoms with Crippen LogP contribution in [0, 0.1) is 0 Å². The number of carbonyl (C=O) groups is 3. The monoisotopic (exact) mass is 451 g/mol. The number of amides is 4. The number of nitrogens with zero attached hydrogens (tertiary/aromatic N) is 3. The largest absolute Gasteiger partial charge is 0.497 e. The number of anilines is 1. The van der Waals surface area contributed by atoms with E-state index in [2.05, 4.69) is 20.6 Å². The lowest BCUT2D eigenvalue weighted by molar-refractivity contribution is -0.129. The van der Waals surface area contributed by atoms with E-state index in [1.807, 2.05) is 41.8 Å². The molecule has 1 aliphatic rings. The first-order valence-corrected chi connectivity index (χ1v) is 10.8. The maximum atomic E-state index is 12.6. The predicted octanol–water partition coefficient (Wildman–Crippen LogP) is 2.71. The van der Waals surface area contributed by atoms with Gasteiger partial charge in [0.2, 0.25) is 5.91 Å². The van der Waals surface area contributed by atoms with Crippen LogP contribution in [-0.4, -0.2) is 52.4 Å². The van der Waals surface area contributed by atoms with Gasteiger partial charge in [0.25, 0.3) is 5.91 Å². The lowest BCUT2D eigenvalue weighted by Crippen LogP contribution is -2.34. The molecule has 10 heteroatoms. The standard InChI is InChI=1S/C22H21N5O4S/c1-31-16-6-4-14(5-7-16)8-10-27-20(29)17(25-22(27)30)11-19(28)26-21-24-18(13-32-21)15-3-2-9-23-12-15/h2-7,9,12-13,17H,8,10-11H2,1H3,(H,25,30)(H,24,26,28)/t17-/m0/s1. The van der Waals surface area contributed by atoms with Crippen LogP contribution < -0.4 is 15.4 Å². The molecule has 2 N–H and O–H groups in total. The molecule has 164 valence electrons. The number of ether oxygens (including phenoxy) is 1. The Labute approximate surface area is 188 Å². The number of hydrogen-bond acceptors (Lipinski definition) is 7. The van der Waals surface area contributed by atoms with E-state index < -0.39 is 23.9 Å². The topological polar surface area (TPSA) is 114 Å². The number of carbonyl (C=O) groups excluding carboxylic acids is 3. The molecule has 0 bridgehead atoms. The van der Waals surface area contributed by atoms with Crippen LogP contribution in [0.1, 0.15) is 12.0 Å².